The molecule has 0 amide bonds. The lowest BCUT2D eigenvalue weighted by molar-refractivity contribution is 0.291. The number of aryl methyl sites for hydroxylation is 1. The maximum atomic E-state index is 6.24. The highest BCUT2D eigenvalue weighted by Crippen LogP contribution is 2.27. The van der Waals surface area contributed by atoms with Gasteiger partial charge in [-0.3, -0.25) is 0 Å². The molecule has 3 rings (SSSR count). The maximum Gasteiger partial charge on any atom is 0.170 e. The van der Waals surface area contributed by atoms with Crippen molar-refractivity contribution >= 4 is 11.6 Å². The minimum Gasteiger partial charge on any atom is -0.484 e. The summed E-state index contributed by atoms with van der Waals surface area (Å²) in [5.41, 5.74) is 1.17. The number of ether oxygens (including phenoxy) is 1. The first kappa shape index (κ1) is 13.4. The van der Waals surface area contributed by atoms with Crippen LogP contribution < -0.4 is 10.1 Å². The minimum absolute atomic E-state index is 0.357. The Balaban J connectivity index is 1.60. The van der Waals surface area contributed by atoms with E-state index in [0.717, 1.165) is 12.4 Å². The second-order valence-electron chi connectivity index (χ2n) is 5.07. The normalized spacial score (nSPS) is 14.5. The largest absolute Gasteiger partial charge is 0.484 e. The molecule has 5 nitrogen and oxygen atoms in total. The van der Waals surface area contributed by atoms with E-state index < -0.39 is 0 Å². The van der Waals surface area contributed by atoms with Gasteiger partial charge in [0.05, 0.1) is 5.02 Å². The number of nitrogens with zero attached hydrogens (tertiary/aromatic N) is 3. The van der Waals surface area contributed by atoms with E-state index in [1.54, 1.807) is 6.33 Å². The average Bonchev–Trinajstić information content (AvgIpc) is 3.18. The van der Waals surface area contributed by atoms with Gasteiger partial charge < -0.3 is 14.6 Å². The number of halogens is 1. The molecule has 1 saturated carbocycles. The van der Waals surface area contributed by atoms with E-state index in [2.05, 4.69) is 15.5 Å². The Hall–Kier alpha value is -1.59. The first-order valence-corrected chi connectivity index (χ1v) is 7.07. The molecule has 1 aromatic heterocycles. The molecular formula is C14H17ClN4O. The van der Waals surface area contributed by atoms with Crippen LogP contribution in [0.25, 0.3) is 0 Å². The van der Waals surface area contributed by atoms with Crippen LogP contribution >= 0.6 is 11.6 Å². The Bertz CT molecular complexity index is 595. The zero-order chi connectivity index (χ0) is 13.9. The lowest BCUT2D eigenvalue weighted by Crippen LogP contribution is -2.15. The van der Waals surface area contributed by atoms with Crippen LogP contribution in [0.2, 0.25) is 5.02 Å². The highest BCUT2D eigenvalue weighted by atomic mass is 35.5. The van der Waals surface area contributed by atoms with Gasteiger partial charge in [0.1, 0.15) is 18.7 Å². The number of hydrogen-bond donors (Lipinski definition) is 1. The molecule has 1 N–H and O–H groups in total. The fourth-order valence-electron chi connectivity index (χ4n) is 1.90. The van der Waals surface area contributed by atoms with Gasteiger partial charge in [0.15, 0.2) is 5.82 Å². The van der Waals surface area contributed by atoms with Crippen molar-refractivity contribution in [1.29, 1.82) is 0 Å². The van der Waals surface area contributed by atoms with Crippen LogP contribution in [-0.2, 0) is 20.2 Å². The molecule has 0 atom stereocenters. The first-order valence-electron chi connectivity index (χ1n) is 6.70. The van der Waals surface area contributed by atoms with Gasteiger partial charge in [-0.25, -0.2) is 0 Å². The van der Waals surface area contributed by atoms with Crippen molar-refractivity contribution in [1.82, 2.24) is 20.1 Å². The highest BCUT2D eigenvalue weighted by Gasteiger charge is 2.20. The van der Waals surface area contributed by atoms with Crippen LogP contribution in [-0.4, -0.2) is 20.8 Å². The number of hydrogen-bond acceptors (Lipinski definition) is 4. The summed E-state index contributed by atoms with van der Waals surface area (Å²) in [5, 5.41) is 11.9. The van der Waals surface area contributed by atoms with E-state index in [-0.39, 0.29) is 0 Å². The highest BCUT2D eigenvalue weighted by molar-refractivity contribution is 6.32. The van der Waals surface area contributed by atoms with Gasteiger partial charge in [-0.15, -0.1) is 10.2 Å². The zero-order valence-corrected chi connectivity index (χ0v) is 12.1. The van der Waals surface area contributed by atoms with E-state index in [1.807, 2.05) is 29.8 Å². The molecule has 1 aromatic carbocycles. The predicted molar refractivity (Wildman–Crippen MR) is 76.6 cm³/mol. The summed E-state index contributed by atoms with van der Waals surface area (Å²) >= 11 is 6.24. The Morgan fingerprint density at radius 1 is 1.45 bits per heavy atom. The molecule has 6 heteroatoms. The smallest absolute Gasteiger partial charge is 0.170 e. The van der Waals surface area contributed by atoms with Gasteiger partial charge in [-0.2, -0.15) is 0 Å². The molecule has 0 saturated heterocycles. The molecule has 0 spiro atoms. The number of benzene rings is 1. The third-order valence-electron chi connectivity index (χ3n) is 3.33. The lowest BCUT2D eigenvalue weighted by atomic mass is 10.2. The second kappa shape index (κ2) is 5.81. The maximum absolute atomic E-state index is 6.24. The van der Waals surface area contributed by atoms with Crippen molar-refractivity contribution in [3.63, 3.8) is 0 Å². The molecule has 1 heterocycles. The number of rotatable bonds is 6. The Morgan fingerprint density at radius 2 is 2.30 bits per heavy atom. The van der Waals surface area contributed by atoms with Gasteiger partial charge in [-0.1, -0.05) is 17.7 Å². The van der Waals surface area contributed by atoms with Crippen LogP contribution in [0.3, 0.4) is 0 Å². The van der Waals surface area contributed by atoms with E-state index in [0.29, 0.717) is 23.4 Å². The summed E-state index contributed by atoms with van der Waals surface area (Å²) in [4.78, 5) is 0. The van der Waals surface area contributed by atoms with E-state index >= 15 is 0 Å². The van der Waals surface area contributed by atoms with Crippen LogP contribution in [0.1, 0.15) is 24.2 Å². The zero-order valence-electron chi connectivity index (χ0n) is 11.3. The lowest BCUT2D eigenvalue weighted by Gasteiger charge is -2.09. The standard InChI is InChI=1S/C14H17ClN4O/c1-19-9-17-18-14(19)8-20-13-5-2-10(6-12(13)15)7-16-11-3-4-11/h2,5-6,9,11,16H,3-4,7-8H2,1H3. The summed E-state index contributed by atoms with van der Waals surface area (Å²) in [7, 11) is 1.88. The molecule has 0 radical (unpaired) electrons. The van der Waals surface area contributed by atoms with Crippen molar-refractivity contribution in [3.05, 3.63) is 40.9 Å². The van der Waals surface area contributed by atoms with Crippen molar-refractivity contribution < 1.29 is 4.74 Å². The van der Waals surface area contributed by atoms with Gasteiger partial charge >= 0.3 is 0 Å². The molecule has 2 aromatic rings. The van der Waals surface area contributed by atoms with Crippen molar-refractivity contribution in [3.8, 4) is 5.75 Å². The fraction of sp³-hybridized carbons (Fsp3) is 0.429. The fourth-order valence-corrected chi connectivity index (χ4v) is 2.16. The second-order valence-corrected chi connectivity index (χ2v) is 5.47. The van der Waals surface area contributed by atoms with E-state index in [4.69, 9.17) is 16.3 Å². The Kier molecular flexibility index (Phi) is 3.89. The summed E-state index contributed by atoms with van der Waals surface area (Å²) in [5.74, 6) is 1.44. The summed E-state index contributed by atoms with van der Waals surface area (Å²) in [6.45, 7) is 1.21. The average molecular weight is 293 g/mol. The van der Waals surface area contributed by atoms with Crippen LogP contribution in [0.4, 0.5) is 0 Å². The minimum atomic E-state index is 0.357. The summed E-state index contributed by atoms with van der Waals surface area (Å²) in [6.07, 6.45) is 4.21. The summed E-state index contributed by atoms with van der Waals surface area (Å²) < 4.78 is 7.50. The first-order chi connectivity index (χ1) is 9.72. The molecule has 0 bridgehead atoms. The van der Waals surface area contributed by atoms with Gasteiger partial charge in [-0.05, 0) is 30.5 Å². The quantitative estimate of drug-likeness (QED) is 0.887. The monoisotopic (exact) mass is 292 g/mol. The third kappa shape index (κ3) is 3.29. The van der Waals surface area contributed by atoms with E-state index in [9.17, 15) is 0 Å². The van der Waals surface area contributed by atoms with Gasteiger partial charge in [0, 0.05) is 19.6 Å². The molecule has 0 unspecified atom stereocenters. The van der Waals surface area contributed by atoms with Crippen LogP contribution in [0.5, 0.6) is 5.75 Å². The molecule has 0 aliphatic heterocycles. The third-order valence-corrected chi connectivity index (χ3v) is 3.63. The van der Waals surface area contributed by atoms with Crippen molar-refractivity contribution in [2.75, 3.05) is 0 Å². The van der Waals surface area contributed by atoms with Crippen molar-refractivity contribution in [2.24, 2.45) is 7.05 Å². The SMILES string of the molecule is Cn1cnnc1COc1ccc(CNC2CC2)cc1Cl. The predicted octanol–water partition coefficient (Wildman–Crippen LogP) is 2.30. The van der Waals surface area contributed by atoms with Gasteiger partial charge in [0.2, 0.25) is 0 Å². The summed E-state index contributed by atoms with van der Waals surface area (Å²) in [6, 6.07) is 6.58. The molecule has 1 fully saturated rings. The molecule has 106 valence electrons. The topological polar surface area (TPSA) is 52.0 Å². The van der Waals surface area contributed by atoms with E-state index in [1.165, 1.54) is 18.4 Å². The molecule has 1 aliphatic carbocycles. The molecule has 20 heavy (non-hydrogen) atoms. The van der Waals surface area contributed by atoms with Gasteiger partial charge in [0.25, 0.3) is 0 Å². The molecular weight excluding hydrogens is 276 g/mol. The number of aromatic nitrogens is 3. The van der Waals surface area contributed by atoms with Crippen LogP contribution in [0, 0.1) is 0 Å². The number of nitrogens with one attached hydrogen (secondary N) is 1. The Labute approximate surface area is 122 Å². The molecule has 1 aliphatic rings. The van der Waals surface area contributed by atoms with Crippen LogP contribution in [0.15, 0.2) is 24.5 Å². The Morgan fingerprint density at radius 3 is 2.95 bits per heavy atom. The van der Waals surface area contributed by atoms with Crippen molar-refractivity contribution in [2.45, 2.75) is 32.0 Å².